The van der Waals surface area contributed by atoms with Gasteiger partial charge in [-0.15, -0.1) is 0 Å². The van der Waals surface area contributed by atoms with Gasteiger partial charge in [-0.2, -0.15) is 0 Å². The van der Waals surface area contributed by atoms with Crippen LogP contribution in [0.5, 0.6) is 5.75 Å². The van der Waals surface area contributed by atoms with E-state index in [-0.39, 0.29) is 5.91 Å². The molecule has 1 heterocycles. The molecule has 0 spiro atoms. The molecule has 0 bridgehead atoms. The van der Waals surface area contributed by atoms with E-state index in [1.165, 1.54) is 17.3 Å². The summed E-state index contributed by atoms with van der Waals surface area (Å²) in [6.45, 7) is 4.08. The van der Waals surface area contributed by atoms with Gasteiger partial charge in [-0.05, 0) is 76.8 Å². The number of amides is 1. The smallest absolute Gasteiger partial charge is 0.270 e. The number of anilines is 1. The molecule has 3 nitrogen and oxygen atoms in total. The number of ether oxygens (including phenoxy) is 1. The Morgan fingerprint density at radius 2 is 1.92 bits per heavy atom. The first kappa shape index (κ1) is 18.2. The number of hydrogen-bond donors (Lipinski definition) is 0. The molecule has 0 unspecified atom stereocenters. The minimum absolute atomic E-state index is 0.0924. The number of nitrogens with zero attached hydrogens (tertiary/aromatic N) is 1. The van der Waals surface area contributed by atoms with Crippen LogP contribution in [0.2, 0.25) is 0 Å². The number of carbonyl (C=O) groups is 1. The quantitative estimate of drug-likeness (QED) is 0.473. The molecule has 0 atom stereocenters. The predicted octanol–water partition coefficient (Wildman–Crippen LogP) is 5.48. The van der Waals surface area contributed by atoms with Gasteiger partial charge in [0, 0.05) is 0 Å². The molecule has 0 N–H and O–H groups in total. The molecule has 1 aliphatic heterocycles. The maximum atomic E-state index is 12.8. The zero-order valence-electron chi connectivity index (χ0n) is 14.0. The van der Waals surface area contributed by atoms with E-state index < -0.39 is 0 Å². The van der Waals surface area contributed by atoms with E-state index >= 15 is 0 Å². The topological polar surface area (TPSA) is 29.5 Å². The minimum Gasteiger partial charge on any atom is -0.496 e. The van der Waals surface area contributed by atoms with E-state index in [4.69, 9.17) is 17.0 Å². The normalized spacial score (nSPS) is 16.0. The molecule has 2 aromatic carbocycles. The lowest BCUT2D eigenvalue weighted by Crippen LogP contribution is -2.27. The summed E-state index contributed by atoms with van der Waals surface area (Å²) in [5.41, 5.74) is 4.04. The molecule has 1 fully saturated rings. The van der Waals surface area contributed by atoms with Crippen molar-refractivity contribution < 1.29 is 9.53 Å². The van der Waals surface area contributed by atoms with E-state index in [1.807, 2.05) is 56.3 Å². The van der Waals surface area contributed by atoms with Crippen LogP contribution in [-0.4, -0.2) is 17.3 Å². The van der Waals surface area contributed by atoms with Crippen LogP contribution in [-0.2, 0) is 4.79 Å². The van der Waals surface area contributed by atoms with Crippen molar-refractivity contribution in [3.8, 4) is 5.75 Å². The zero-order chi connectivity index (χ0) is 18.1. The molecule has 128 valence electrons. The van der Waals surface area contributed by atoms with Crippen molar-refractivity contribution in [1.82, 2.24) is 0 Å². The number of hydrogen-bond acceptors (Lipinski definition) is 4. The first-order chi connectivity index (χ1) is 11.9. The van der Waals surface area contributed by atoms with Gasteiger partial charge in [-0.25, -0.2) is 0 Å². The molecule has 3 rings (SSSR count). The monoisotopic (exact) mass is 433 g/mol. The Hall–Kier alpha value is -1.63. The molecule has 1 saturated heterocycles. The van der Waals surface area contributed by atoms with Gasteiger partial charge < -0.3 is 4.74 Å². The number of aryl methyl sites for hydroxylation is 2. The van der Waals surface area contributed by atoms with Crippen LogP contribution in [0.25, 0.3) is 6.08 Å². The SMILES string of the molecule is COc1ccc(C=C2SC(=S)N(c3ccc(C)c(C)c3)C2=O)cc1Br. The number of carbonyl (C=O) groups excluding carboxylic acids is 1. The lowest BCUT2D eigenvalue weighted by molar-refractivity contribution is -0.113. The highest BCUT2D eigenvalue weighted by Crippen LogP contribution is 2.37. The number of benzene rings is 2. The number of thiocarbonyl (C=S) groups is 1. The Morgan fingerprint density at radius 3 is 2.56 bits per heavy atom. The average Bonchev–Trinajstić information content (AvgIpc) is 2.84. The van der Waals surface area contributed by atoms with Crippen molar-refractivity contribution in [2.24, 2.45) is 0 Å². The summed E-state index contributed by atoms with van der Waals surface area (Å²) in [5, 5.41) is 0. The van der Waals surface area contributed by atoms with Gasteiger partial charge in [-0.3, -0.25) is 9.69 Å². The second-order valence-electron chi connectivity index (χ2n) is 5.68. The predicted molar refractivity (Wildman–Crippen MR) is 112 cm³/mol. The van der Waals surface area contributed by atoms with Crippen molar-refractivity contribution >= 4 is 61.9 Å². The van der Waals surface area contributed by atoms with Crippen LogP contribution in [0, 0.1) is 13.8 Å². The number of methoxy groups -OCH3 is 1. The summed E-state index contributed by atoms with van der Waals surface area (Å²) in [7, 11) is 1.62. The highest BCUT2D eigenvalue weighted by molar-refractivity contribution is 9.10. The summed E-state index contributed by atoms with van der Waals surface area (Å²) < 4.78 is 6.62. The maximum absolute atomic E-state index is 12.8. The zero-order valence-corrected chi connectivity index (χ0v) is 17.2. The molecule has 0 radical (unpaired) electrons. The van der Waals surface area contributed by atoms with Crippen molar-refractivity contribution in [2.45, 2.75) is 13.8 Å². The molecule has 1 aliphatic rings. The van der Waals surface area contributed by atoms with Gasteiger partial charge in [0.15, 0.2) is 4.32 Å². The largest absolute Gasteiger partial charge is 0.496 e. The van der Waals surface area contributed by atoms with Gasteiger partial charge in [0.25, 0.3) is 5.91 Å². The third-order valence-electron chi connectivity index (χ3n) is 4.02. The second kappa shape index (κ2) is 7.32. The van der Waals surface area contributed by atoms with Gasteiger partial charge in [0.05, 0.1) is 22.2 Å². The fourth-order valence-electron chi connectivity index (χ4n) is 2.48. The minimum atomic E-state index is -0.0924. The van der Waals surface area contributed by atoms with E-state index in [0.717, 1.165) is 27.0 Å². The molecule has 0 aliphatic carbocycles. The first-order valence-electron chi connectivity index (χ1n) is 7.59. The lowest BCUT2D eigenvalue weighted by Gasteiger charge is -2.15. The molecule has 1 amide bonds. The van der Waals surface area contributed by atoms with E-state index in [9.17, 15) is 4.79 Å². The Morgan fingerprint density at radius 1 is 1.16 bits per heavy atom. The van der Waals surface area contributed by atoms with Crippen LogP contribution in [0.3, 0.4) is 0 Å². The van der Waals surface area contributed by atoms with Crippen molar-refractivity contribution in [2.75, 3.05) is 12.0 Å². The van der Waals surface area contributed by atoms with Gasteiger partial charge in [0.2, 0.25) is 0 Å². The summed E-state index contributed by atoms with van der Waals surface area (Å²) in [5.74, 6) is 0.657. The first-order valence-corrected chi connectivity index (χ1v) is 9.61. The maximum Gasteiger partial charge on any atom is 0.270 e. The molecule has 25 heavy (non-hydrogen) atoms. The average molecular weight is 434 g/mol. The van der Waals surface area contributed by atoms with Crippen molar-refractivity contribution in [1.29, 1.82) is 0 Å². The van der Waals surface area contributed by atoms with Gasteiger partial charge in [-0.1, -0.05) is 36.1 Å². The summed E-state index contributed by atoms with van der Waals surface area (Å²) in [6, 6.07) is 11.6. The summed E-state index contributed by atoms with van der Waals surface area (Å²) in [4.78, 5) is 15.0. The second-order valence-corrected chi connectivity index (χ2v) is 8.21. The van der Waals surface area contributed by atoms with E-state index in [0.29, 0.717) is 9.23 Å². The summed E-state index contributed by atoms with van der Waals surface area (Å²) >= 11 is 10.2. The van der Waals surface area contributed by atoms with Crippen LogP contribution < -0.4 is 9.64 Å². The van der Waals surface area contributed by atoms with Crippen LogP contribution >= 0.6 is 39.9 Å². The summed E-state index contributed by atoms with van der Waals surface area (Å²) in [6.07, 6.45) is 1.85. The van der Waals surface area contributed by atoms with Gasteiger partial charge >= 0.3 is 0 Å². The third kappa shape index (κ3) is 3.66. The highest BCUT2D eigenvalue weighted by Gasteiger charge is 2.33. The number of halogens is 1. The van der Waals surface area contributed by atoms with Crippen LogP contribution in [0.15, 0.2) is 45.8 Å². The fourth-order valence-corrected chi connectivity index (χ4v) is 4.34. The standard InChI is InChI=1S/C19H16BrNO2S2/c1-11-4-6-14(8-12(11)2)21-18(22)17(25-19(21)24)10-13-5-7-16(23-3)15(20)9-13/h4-10H,1-3H3. The van der Waals surface area contributed by atoms with Crippen molar-refractivity contribution in [3.05, 3.63) is 62.5 Å². The molecule has 0 aromatic heterocycles. The third-order valence-corrected chi connectivity index (χ3v) is 5.94. The molecule has 6 heteroatoms. The fraction of sp³-hybridized carbons (Fsp3) is 0.158. The Labute approximate surface area is 165 Å². The van der Waals surface area contributed by atoms with Crippen LogP contribution in [0.4, 0.5) is 5.69 Å². The Balaban J connectivity index is 1.92. The molecule has 2 aromatic rings. The Kier molecular flexibility index (Phi) is 5.32. The Bertz CT molecular complexity index is 908. The lowest BCUT2D eigenvalue weighted by atomic mass is 10.1. The van der Waals surface area contributed by atoms with E-state index in [1.54, 1.807) is 12.0 Å². The molecular weight excluding hydrogens is 418 g/mol. The van der Waals surface area contributed by atoms with Crippen molar-refractivity contribution in [3.63, 3.8) is 0 Å². The number of rotatable bonds is 3. The van der Waals surface area contributed by atoms with Gasteiger partial charge in [0.1, 0.15) is 5.75 Å². The number of thioether (sulfide) groups is 1. The highest BCUT2D eigenvalue weighted by atomic mass is 79.9. The van der Waals surface area contributed by atoms with E-state index in [2.05, 4.69) is 15.9 Å². The van der Waals surface area contributed by atoms with Crippen LogP contribution in [0.1, 0.15) is 16.7 Å². The molecule has 0 saturated carbocycles. The molecular formula is C19H16BrNO2S2.